The van der Waals surface area contributed by atoms with Gasteiger partial charge in [-0.3, -0.25) is 9.52 Å². The van der Waals surface area contributed by atoms with Gasteiger partial charge in [0.1, 0.15) is 5.82 Å². The van der Waals surface area contributed by atoms with Crippen molar-refractivity contribution in [2.24, 2.45) is 5.92 Å². The minimum atomic E-state index is -3.61. The molecular weight excluding hydrogens is 319 g/mol. The highest BCUT2D eigenvalue weighted by Gasteiger charge is 2.19. The molecule has 7 heteroatoms. The zero-order valence-electron chi connectivity index (χ0n) is 14.1. The minimum Gasteiger partial charge on any atom is -0.339 e. The van der Waals surface area contributed by atoms with Crippen molar-refractivity contribution in [2.75, 3.05) is 24.1 Å². The first kappa shape index (κ1) is 19.4. The molecule has 0 aliphatic rings. The molecule has 0 bridgehead atoms. The molecule has 5 nitrogen and oxygen atoms in total. The van der Waals surface area contributed by atoms with Crippen molar-refractivity contribution in [1.29, 1.82) is 0 Å². The molecule has 1 N–H and O–H groups in total. The summed E-state index contributed by atoms with van der Waals surface area (Å²) >= 11 is 0. The highest BCUT2D eigenvalue weighted by Crippen LogP contribution is 2.19. The number of carbonyl (C=O) groups is 1. The molecule has 1 aromatic carbocycles. The fourth-order valence-electron chi connectivity index (χ4n) is 2.33. The van der Waals surface area contributed by atoms with Gasteiger partial charge in [0.25, 0.3) is 5.91 Å². The molecule has 0 fully saturated rings. The number of carbonyl (C=O) groups excluding carboxylic acids is 1. The molecule has 0 unspecified atom stereocenters. The number of nitrogens with one attached hydrogen (secondary N) is 1. The molecule has 0 heterocycles. The molecular formula is C16H25FN2O3S. The second-order valence-electron chi connectivity index (χ2n) is 5.60. The van der Waals surface area contributed by atoms with Gasteiger partial charge < -0.3 is 4.90 Å². The maximum Gasteiger partial charge on any atom is 0.253 e. The highest BCUT2D eigenvalue weighted by molar-refractivity contribution is 7.92. The quantitative estimate of drug-likeness (QED) is 0.788. The van der Waals surface area contributed by atoms with Gasteiger partial charge >= 0.3 is 0 Å². The molecule has 0 spiro atoms. The van der Waals surface area contributed by atoms with E-state index in [0.717, 1.165) is 25.2 Å². The molecule has 130 valence electrons. The van der Waals surface area contributed by atoms with E-state index in [2.05, 4.69) is 18.6 Å². The Hall–Kier alpha value is -1.63. The Kier molecular flexibility index (Phi) is 7.00. The van der Waals surface area contributed by atoms with E-state index in [1.165, 1.54) is 12.1 Å². The van der Waals surface area contributed by atoms with Crippen LogP contribution in [-0.2, 0) is 10.0 Å². The van der Waals surface area contributed by atoms with Crippen molar-refractivity contribution in [3.8, 4) is 0 Å². The molecule has 1 aromatic rings. The molecule has 0 radical (unpaired) electrons. The zero-order valence-corrected chi connectivity index (χ0v) is 14.9. The standard InChI is InChI=1S/C16H25FN2O3S/c1-5-12(6-2)11-19(7-3)16(20)13-8-9-14(17)15(10-13)18-23(4,21)22/h8-10,12,18H,5-7,11H2,1-4H3. The highest BCUT2D eigenvalue weighted by atomic mass is 32.2. The van der Waals surface area contributed by atoms with Crippen LogP contribution in [0.5, 0.6) is 0 Å². The monoisotopic (exact) mass is 344 g/mol. The molecule has 0 atom stereocenters. The van der Waals surface area contributed by atoms with Crippen LogP contribution in [0.1, 0.15) is 44.0 Å². The van der Waals surface area contributed by atoms with Crippen LogP contribution in [0.25, 0.3) is 0 Å². The smallest absolute Gasteiger partial charge is 0.253 e. The maximum absolute atomic E-state index is 13.7. The minimum absolute atomic E-state index is 0.211. The topological polar surface area (TPSA) is 66.5 Å². The second-order valence-corrected chi connectivity index (χ2v) is 7.34. The average Bonchev–Trinajstić information content (AvgIpc) is 2.49. The third-order valence-corrected chi connectivity index (χ3v) is 4.40. The molecule has 0 aliphatic heterocycles. The van der Waals surface area contributed by atoms with Crippen LogP contribution in [0.3, 0.4) is 0 Å². The van der Waals surface area contributed by atoms with Crippen LogP contribution >= 0.6 is 0 Å². The molecule has 0 aromatic heterocycles. The normalized spacial score (nSPS) is 11.6. The fraction of sp³-hybridized carbons (Fsp3) is 0.562. The number of halogens is 1. The van der Waals surface area contributed by atoms with Gasteiger partial charge in [-0.2, -0.15) is 0 Å². The van der Waals surface area contributed by atoms with E-state index in [4.69, 9.17) is 0 Å². The lowest BCUT2D eigenvalue weighted by molar-refractivity contribution is 0.0735. The summed E-state index contributed by atoms with van der Waals surface area (Å²) in [6.07, 6.45) is 2.89. The summed E-state index contributed by atoms with van der Waals surface area (Å²) in [4.78, 5) is 14.3. The summed E-state index contributed by atoms with van der Waals surface area (Å²) in [7, 11) is -3.61. The number of rotatable bonds is 8. The van der Waals surface area contributed by atoms with Gasteiger partial charge in [-0.05, 0) is 31.0 Å². The lowest BCUT2D eigenvalue weighted by atomic mass is 10.0. The fourth-order valence-corrected chi connectivity index (χ4v) is 2.89. The average molecular weight is 344 g/mol. The number of anilines is 1. The van der Waals surface area contributed by atoms with E-state index in [9.17, 15) is 17.6 Å². The van der Waals surface area contributed by atoms with E-state index >= 15 is 0 Å². The summed E-state index contributed by atoms with van der Waals surface area (Å²) in [5.74, 6) is -0.529. The Morgan fingerprint density at radius 2 is 1.87 bits per heavy atom. The summed E-state index contributed by atoms with van der Waals surface area (Å²) in [5, 5.41) is 0. The Balaban J connectivity index is 3.04. The van der Waals surface area contributed by atoms with Gasteiger partial charge in [-0.15, -0.1) is 0 Å². The molecule has 23 heavy (non-hydrogen) atoms. The van der Waals surface area contributed by atoms with Gasteiger partial charge in [0, 0.05) is 18.7 Å². The lowest BCUT2D eigenvalue weighted by Crippen LogP contribution is -2.35. The van der Waals surface area contributed by atoms with Gasteiger partial charge in [-0.1, -0.05) is 26.7 Å². The van der Waals surface area contributed by atoms with Gasteiger partial charge in [-0.25, -0.2) is 12.8 Å². The number of hydrogen-bond donors (Lipinski definition) is 1. The van der Waals surface area contributed by atoms with E-state index in [1.807, 2.05) is 6.92 Å². The van der Waals surface area contributed by atoms with Crippen molar-refractivity contribution in [2.45, 2.75) is 33.6 Å². The van der Waals surface area contributed by atoms with Crippen LogP contribution in [0, 0.1) is 11.7 Å². The Morgan fingerprint density at radius 3 is 2.35 bits per heavy atom. The molecule has 0 saturated carbocycles. The van der Waals surface area contributed by atoms with E-state index in [1.54, 1.807) is 4.90 Å². The van der Waals surface area contributed by atoms with Gasteiger partial charge in [0.05, 0.1) is 11.9 Å². The Labute approximate surface area is 137 Å². The summed E-state index contributed by atoms with van der Waals surface area (Å²) in [6, 6.07) is 3.72. The summed E-state index contributed by atoms with van der Waals surface area (Å²) < 4.78 is 38.4. The number of benzene rings is 1. The first-order chi connectivity index (χ1) is 10.7. The van der Waals surface area contributed by atoms with E-state index in [0.29, 0.717) is 19.0 Å². The molecule has 0 saturated heterocycles. The Morgan fingerprint density at radius 1 is 1.26 bits per heavy atom. The third-order valence-electron chi connectivity index (χ3n) is 3.81. The second kappa shape index (κ2) is 8.29. The predicted octanol–water partition coefficient (Wildman–Crippen LogP) is 3.10. The molecule has 1 rings (SSSR count). The summed E-state index contributed by atoms with van der Waals surface area (Å²) in [6.45, 7) is 7.23. The maximum atomic E-state index is 13.7. The van der Waals surface area contributed by atoms with Crippen molar-refractivity contribution in [1.82, 2.24) is 4.90 Å². The van der Waals surface area contributed by atoms with Crippen LogP contribution in [0.15, 0.2) is 18.2 Å². The first-order valence-electron chi connectivity index (χ1n) is 7.78. The third kappa shape index (κ3) is 5.82. The van der Waals surface area contributed by atoms with Gasteiger partial charge in [0.15, 0.2) is 0 Å². The van der Waals surface area contributed by atoms with Gasteiger partial charge in [0.2, 0.25) is 10.0 Å². The Bertz CT molecular complexity index is 643. The number of sulfonamides is 1. The largest absolute Gasteiger partial charge is 0.339 e. The number of hydrogen-bond acceptors (Lipinski definition) is 3. The van der Waals surface area contributed by atoms with Crippen molar-refractivity contribution < 1.29 is 17.6 Å². The predicted molar refractivity (Wildman–Crippen MR) is 90.5 cm³/mol. The first-order valence-corrected chi connectivity index (χ1v) is 9.67. The van der Waals surface area contributed by atoms with Crippen molar-refractivity contribution in [3.63, 3.8) is 0 Å². The van der Waals surface area contributed by atoms with Crippen molar-refractivity contribution >= 4 is 21.6 Å². The SMILES string of the molecule is CCC(CC)CN(CC)C(=O)c1ccc(F)c(NS(C)(=O)=O)c1. The van der Waals surface area contributed by atoms with Crippen LogP contribution in [0.2, 0.25) is 0 Å². The summed E-state index contributed by atoms with van der Waals surface area (Å²) in [5.41, 5.74) is 0.0577. The number of nitrogens with zero attached hydrogens (tertiary/aromatic N) is 1. The zero-order chi connectivity index (χ0) is 17.6. The van der Waals surface area contributed by atoms with Crippen LogP contribution < -0.4 is 4.72 Å². The van der Waals surface area contributed by atoms with Crippen LogP contribution in [-0.4, -0.2) is 38.6 Å². The van der Waals surface area contributed by atoms with Crippen LogP contribution in [0.4, 0.5) is 10.1 Å². The number of amides is 1. The molecule has 1 amide bonds. The van der Waals surface area contributed by atoms with E-state index < -0.39 is 15.8 Å². The van der Waals surface area contributed by atoms with E-state index in [-0.39, 0.29) is 17.2 Å². The molecule has 0 aliphatic carbocycles. The lowest BCUT2D eigenvalue weighted by Gasteiger charge is -2.25. The van der Waals surface area contributed by atoms with Crippen molar-refractivity contribution in [3.05, 3.63) is 29.6 Å².